The van der Waals surface area contributed by atoms with Crippen molar-refractivity contribution in [1.82, 2.24) is 4.98 Å². The van der Waals surface area contributed by atoms with Gasteiger partial charge < -0.3 is 11.1 Å². The summed E-state index contributed by atoms with van der Waals surface area (Å²) in [6.07, 6.45) is 0. The first-order chi connectivity index (χ1) is 10.3. The molecule has 3 nitrogen and oxygen atoms in total. The topological polar surface area (TPSA) is 50.9 Å². The summed E-state index contributed by atoms with van der Waals surface area (Å²) in [5.74, 6) is 1.32. The molecule has 3 N–H and O–H groups in total. The zero-order valence-electron chi connectivity index (χ0n) is 11.7. The number of nitrogens with one attached hydrogen (secondary N) is 1. The summed E-state index contributed by atoms with van der Waals surface area (Å²) in [6, 6.07) is 24.5. The summed E-state index contributed by atoms with van der Waals surface area (Å²) in [4.78, 5) is 4.22. The van der Waals surface area contributed by atoms with E-state index in [0.29, 0.717) is 5.82 Å². The molecule has 3 aromatic rings. The van der Waals surface area contributed by atoms with E-state index >= 15 is 0 Å². The molecule has 0 fully saturated rings. The number of rotatable bonds is 4. The quantitative estimate of drug-likeness (QED) is 0.758. The minimum absolute atomic E-state index is 0.527. The van der Waals surface area contributed by atoms with Gasteiger partial charge in [0, 0.05) is 6.54 Å². The van der Waals surface area contributed by atoms with Crippen molar-refractivity contribution < 1.29 is 0 Å². The first-order valence-electron chi connectivity index (χ1n) is 6.92. The third-order valence-electron chi connectivity index (χ3n) is 3.31. The molecule has 0 aliphatic rings. The van der Waals surface area contributed by atoms with E-state index in [1.807, 2.05) is 18.2 Å². The fraction of sp³-hybridized carbons (Fsp3) is 0.0556. The number of anilines is 2. The van der Waals surface area contributed by atoms with Crippen LogP contribution in [0.1, 0.15) is 5.56 Å². The Morgan fingerprint density at radius 3 is 2.19 bits per heavy atom. The van der Waals surface area contributed by atoms with Crippen LogP contribution < -0.4 is 11.1 Å². The van der Waals surface area contributed by atoms with Crippen molar-refractivity contribution in [3.63, 3.8) is 0 Å². The highest BCUT2D eigenvalue weighted by Gasteiger charge is 1.99. The second kappa shape index (κ2) is 6.09. The maximum absolute atomic E-state index is 5.66. The second-order valence-electron chi connectivity index (χ2n) is 4.86. The van der Waals surface area contributed by atoms with Gasteiger partial charge in [-0.15, -0.1) is 0 Å². The fourth-order valence-electron chi connectivity index (χ4n) is 2.19. The van der Waals surface area contributed by atoms with E-state index in [2.05, 4.69) is 58.8 Å². The highest BCUT2D eigenvalue weighted by atomic mass is 15.0. The Morgan fingerprint density at radius 2 is 1.48 bits per heavy atom. The summed E-state index contributed by atoms with van der Waals surface area (Å²) in [5.41, 5.74) is 9.32. The van der Waals surface area contributed by atoms with Crippen LogP contribution in [0.5, 0.6) is 0 Å². The molecule has 3 heteroatoms. The number of benzene rings is 2. The maximum atomic E-state index is 5.66. The minimum Gasteiger partial charge on any atom is -0.384 e. The van der Waals surface area contributed by atoms with Crippen LogP contribution in [0.15, 0.2) is 72.8 Å². The third-order valence-corrected chi connectivity index (χ3v) is 3.31. The lowest BCUT2D eigenvalue weighted by atomic mass is 10.0. The molecule has 0 saturated heterocycles. The smallest absolute Gasteiger partial charge is 0.128 e. The van der Waals surface area contributed by atoms with Crippen LogP contribution in [0.25, 0.3) is 11.1 Å². The van der Waals surface area contributed by atoms with E-state index in [1.54, 1.807) is 6.07 Å². The van der Waals surface area contributed by atoms with Gasteiger partial charge in [0.15, 0.2) is 0 Å². The van der Waals surface area contributed by atoms with Gasteiger partial charge in [0.05, 0.1) is 0 Å². The Labute approximate surface area is 124 Å². The molecule has 21 heavy (non-hydrogen) atoms. The zero-order chi connectivity index (χ0) is 14.5. The van der Waals surface area contributed by atoms with Crippen LogP contribution in [-0.2, 0) is 6.54 Å². The molecule has 104 valence electrons. The molecule has 1 heterocycles. The van der Waals surface area contributed by atoms with Crippen LogP contribution in [-0.4, -0.2) is 4.98 Å². The van der Waals surface area contributed by atoms with Crippen molar-refractivity contribution in [3.05, 3.63) is 78.4 Å². The van der Waals surface area contributed by atoms with Crippen molar-refractivity contribution in [3.8, 4) is 11.1 Å². The fourth-order valence-corrected chi connectivity index (χ4v) is 2.19. The van der Waals surface area contributed by atoms with Gasteiger partial charge >= 0.3 is 0 Å². The Hall–Kier alpha value is -2.81. The summed E-state index contributed by atoms with van der Waals surface area (Å²) in [5, 5.41) is 3.27. The van der Waals surface area contributed by atoms with Crippen LogP contribution in [0.2, 0.25) is 0 Å². The number of nitrogen functional groups attached to an aromatic ring is 1. The van der Waals surface area contributed by atoms with Gasteiger partial charge in [0.25, 0.3) is 0 Å². The van der Waals surface area contributed by atoms with Crippen molar-refractivity contribution in [2.75, 3.05) is 11.1 Å². The molecule has 0 saturated carbocycles. The largest absolute Gasteiger partial charge is 0.384 e. The lowest BCUT2D eigenvalue weighted by Gasteiger charge is -2.07. The van der Waals surface area contributed by atoms with Gasteiger partial charge in [-0.05, 0) is 28.8 Å². The molecular formula is C18H17N3. The monoisotopic (exact) mass is 275 g/mol. The Morgan fingerprint density at radius 1 is 0.762 bits per heavy atom. The molecule has 0 radical (unpaired) electrons. The Kier molecular flexibility index (Phi) is 3.83. The highest BCUT2D eigenvalue weighted by Crippen LogP contribution is 2.19. The third kappa shape index (κ3) is 3.39. The summed E-state index contributed by atoms with van der Waals surface area (Å²) < 4.78 is 0. The SMILES string of the molecule is Nc1cccc(NCc2ccc(-c3ccccc3)cc2)n1. The average Bonchev–Trinajstić information content (AvgIpc) is 2.54. The number of aromatic nitrogens is 1. The molecule has 2 aromatic carbocycles. The molecule has 3 rings (SSSR count). The maximum Gasteiger partial charge on any atom is 0.128 e. The van der Waals surface area contributed by atoms with Crippen molar-refractivity contribution in [2.45, 2.75) is 6.54 Å². The lowest BCUT2D eigenvalue weighted by molar-refractivity contribution is 1.11. The first kappa shape index (κ1) is 13.2. The molecule has 0 aliphatic heterocycles. The van der Waals surface area contributed by atoms with E-state index in [0.717, 1.165) is 12.4 Å². The van der Waals surface area contributed by atoms with Crippen molar-refractivity contribution in [2.24, 2.45) is 0 Å². The predicted octanol–water partition coefficient (Wildman–Crippen LogP) is 3.94. The predicted molar refractivity (Wildman–Crippen MR) is 87.9 cm³/mol. The van der Waals surface area contributed by atoms with Gasteiger partial charge in [-0.2, -0.15) is 0 Å². The van der Waals surface area contributed by atoms with Gasteiger partial charge in [-0.3, -0.25) is 0 Å². The molecular weight excluding hydrogens is 258 g/mol. The van der Waals surface area contributed by atoms with Gasteiger partial charge in [0.2, 0.25) is 0 Å². The van der Waals surface area contributed by atoms with Crippen LogP contribution in [0.4, 0.5) is 11.6 Å². The van der Waals surface area contributed by atoms with Crippen molar-refractivity contribution in [1.29, 1.82) is 0 Å². The normalized spacial score (nSPS) is 10.3. The molecule has 0 unspecified atom stereocenters. The number of nitrogens with zero attached hydrogens (tertiary/aromatic N) is 1. The molecule has 0 amide bonds. The summed E-state index contributed by atoms with van der Waals surface area (Å²) >= 11 is 0. The van der Waals surface area contributed by atoms with Gasteiger partial charge in [-0.25, -0.2) is 4.98 Å². The van der Waals surface area contributed by atoms with Gasteiger partial charge in [-0.1, -0.05) is 60.7 Å². The van der Waals surface area contributed by atoms with Crippen LogP contribution in [0, 0.1) is 0 Å². The van der Waals surface area contributed by atoms with E-state index in [9.17, 15) is 0 Å². The average molecular weight is 275 g/mol. The zero-order valence-corrected chi connectivity index (χ0v) is 11.7. The number of nitrogens with two attached hydrogens (primary N) is 1. The van der Waals surface area contributed by atoms with Gasteiger partial charge in [0.1, 0.15) is 11.6 Å². The van der Waals surface area contributed by atoms with Crippen LogP contribution >= 0.6 is 0 Å². The number of hydrogen-bond donors (Lipinski definition) is 2. The summed E-state index contributed by atoms with van der Waals surface area (Å²) in [6.45, 7) is 0.728. The summed E-state index contributed by atoms with van der Waals surface area (Å²) in [7, 11) is 0. The highest BCUT2D eigenvalue weighted by molar-refractivity contribution is 5.63. The Balaban J connectivity index is 1.68. The number of pyridine rings is 1. The van der Waals surface area contributed by atoms with E-state index in [-0.39, 0.29) is 0 Å². The number of hydrogen-bond acceptors (Lipinski definition) is 3. The van der Waals surface area contributed by atoms with E-state index in [4.69, 9.17) is 5.73 Å². The van der Waals surface area contributed by atoms with E-state index in [1.165, 1.54) is 16.7 Å². The first-order valence-corrected chi connectivity index (χ1v) is 6.92. The lowest BCUT2D eigenvalue weighted by Crippen LogP contribution is -2.02. The minimum atomic E-state index is 0.527. The Bertz CT molecular complexity index is 706. The standard InChI is InChI=1S/C18H17N3/c19-17-7-4-8-18(21-17)20-13-14-9-11-16(12-10-14)15-5-2-1-3-6-15/h1-12H,13H2,(H3,19,20,21). The molecule has 0 atom stereocenters. The van der Waals surface area contributed by atoms with E-state index < -0.39 is 0 Å². The second-order valence-corrected chi connectivity index (χ2v) is 4.86. The molecule has 0 spiro atoms. The molecule has 0 aliphatic carbocycles. The van der Waals surface area contributed by atoms with Crippen LogP contribution in [0.3, 0.4) is 0 Å². The van der Waals surface area contributed by atoms with Crippen molar-refractivity contribution >= 4 is 11.6 Å². The molecule has 1 aromatic heterocycles. The molecule has 0 bridgehead atoms.